The SMILES string of the molecule is CCNC(=O)c1nn(-c2ccc(Cl)cc2)c2c(=O)n(C)cnc12. The first-order chi connectivity index (χ1) is 11.0. The zero-order valence-electron chi connectivity index (χ0n) is 12.6. The van der Waals surface area contributed by atoms with E-state index in [2.05, 4.69) is 15.4 Å². The molecular formula is C15H14ClN5O2. The summed E-state index contributed by atoms with van der Waals surface area (Å²) in [6, 6.07) is 6.83. The molecule has 0 spiro atoms. The van der Waals surface area contributed by atoms with Crippen LogP contribution in [-0.2, 0) is 7.05 Å². The van der Waals surface area contributed by atoms with E-state index in [9.17, 15) is 9.59 Å². The molecule has 2 heterocycles. The van der Waals surface area contributed by atoms with E-state index in [0.29, 0.717) is 17.3 Å². The summed E-state index contributed by atoms with van der Waals surface area (Å²) in [5, 5.41) is 7.54. The van der Waals surface area contributed by atoms with E-state index in [1.165, 1.54) is 15.6 Å². The van der Waals surface area contributed by atoms with E-state index in [-0.39, 0.29) is 28.2 Å². The number of rotatable bonds is 3. The van der Waals surface area contributed by atoms with Crippen molar-refractivity contribution < 1.29 is 4.79 Å². The first-order valence-electron chi connectivity index (χ1n) is 7.01. The topological polar surface area (TPSA) is 81.8 Å². The third-order valence-electron chi connectivity index (χ3n) is 3.37. The Morgan fingerprint density at radius 1 is 1.30 bits per heavy atom. The first kappa shape index (κ1) is 15.2. The molecule has 23 heavy (non-hydrogen) atoms. The lowest BCUT2D eigenvalue weighted by Crippen LogP contribution is -2.23. The lowest BCUT2D eigenvalue weighted by Gasteiger charge is -2.03. The monoisotopic (exact) mass is 331 g/mol. The lowest BCUT2D eigenvalue weighted by atomic mass is 10.3. The number of amides is 1. The lowest BCUT2D eigenvalue weighted by molar-refractivity contribution is 0.0952. The number of carbonyl (C=O) groups excluding carboxylic acids is 1. The van der Waals surface area contributed by atoms with E-state index >= 15 is 0 Å². The van der Waals surface area contributed by atoms with Crippen molar-refractivity contribution in [3.63, 3.8) is 0 Å². The smallest absolute Gasteiger partial charge is 0.279 e. The Bertz CT molecular complexity index is 943. The number of hydrogen-bond donors (Lipinski definition) is 1. The Balaban J connectivity index is 2.33. The van der Waals surface area contributed by atoms with Gasteiger partial charge in [0.2, 0.25) is 0 Å². The molecule has 0 aliphatic rings. The van der Waals surface area contributed by atoms with Crippen molar-refractivity contribution >= 4 is 28.5 Å². The molecule has 3 rings (SSSR count). The predicted molar refractivity (Wildman–Crippen MR) is 87.1 cm³/mol. The fourth-order valence-corrected chi connectivity index (χ4v) is 2.38. The molecule has 0 aliphatic heterocycles. The van der Waals surface area contributed by atoms with Gasteiger partial charge in [-0.3, -0.25) is 9.59 Å². The van der Waals surface area contributed by atoms with Crippen LogP contribution in [0.15, 0.2) is 35.4 Å². The number of carbonyl (C=O) groups is 1. The van der Waals surface area contributed by atoms with E-state index in [0.717, 1.165) is 0 Å². The summed E-state index contributed by atoms with van der Waals surface area (Å²) in [7, 11) is 1.60. The van der Waals surface area contributed by atoms with Crippen molar-refractivity contribution in [3.05, 3.63) is 51.7 Å². The summed E-state index contributed by atoms with van der Waals surface area (Å²) in [4.78, 5) is 28.9. The van der Waals surface area contributed by atoms with E-state index < -0.39 is 0 Å². The molecular weight excluding hydrogens is 318 g/mol. The standard InChI is InChI=1S/C15H14ClN5O2/c1-3-17-14(22)12-11-13(15(23)20(2)8-18-11)21(19-12)10-6-4-9(16)5-7-10/h4-8H,3H2,1-2H3,(H,17,22). The van der Waals surface area contributed by atoms with Gasteiger partial charge in [0.05, 0.1) is 12.0 Å². The number of aromatic nitrogens is 4. The number of aryl methyl sites for hydroxylation is 1. The molecule has 0 saturated heterocycles. The van der Waals surface area contributed by atoms with Gasteiger partial charge in [0.25, 0.3) is 11.5 Å². The molecule has 0 unspecified atom stereocenters. The van der Waals surface area contributed by atoms with Crippen LogP contribution in [0.3, 0.4) is 0 Å². The van der Waals surface area contributed by atoms with Crippen molar-refractivity contribution in [2.45, 2.75) is 6.92 Å². The predicted octanol–water partition coefficient (Wildman–Crippen LogP) is 1.52. The van der Waals surface area contributed by atoms with Gasteiger partial charge in [-0.15, -0.1) is 0 Å². The van der Waals surface area contributed by atoms with Crippen LogP contribution < -0.4 is 10.9 Å². The molecule has 8 heteroatoms. The Labute approximate surface area is 136 Å². The molecule has 0 radical (unpaired) electrons. The van der Waals surface area contributed by atoms with Gasteiger partial charge < -0.3 is 9.88 Å². The number of halogens is 1. The van der Waals surface area contributed by atoms with Gasteiger partial charge >= 0.3 is 0 Å². The summed E-state index contributed by atoms with van der Waals surface area (Å²) >= 11 is 5.90. The van der Waals surface area contributed by atoms with Gasteiger partial charge in [-0.05, 0) is 31.2 Å². The number of nitrogens with one attached hydrogen (secondary N) is 1. The molecule has 2 aromatic heterocycles. The maximum Gasteiger partial charge on any atom is 0.279 e. The summed E-state index contributed by atoms with van der Waals surface area (Å²) in [6.45, 7) is 2.27. The van der Waals surface area contributed by atoms with Crippen molar-refractivity contribution in [1.82, 2.24) is 24.6 Å². The average molecular weight is 332 g/mol. The van der Waals surface area contributed by atoms with Crippen molar-refractivity contribution in [2.24, 2.45) is 7.05 Å². The highest BCUT2D eigenvalue weighted by molar-refractivity contribution is 6.30. The minimum atomic E-state index is -0.369. The van der Waals surface area contributed by atoms with E-state index in [4.69, 9.17) is 11.6 Å². The van der Waals surface area contributed by atoms with Crippen LogP contribution >= 0.6 is 11.6 Å². The van der Waals surface area contributed by atoms with Gasteiger partial charge in [-0.2, -0.15) is 5.10 Å². The molecule has 0 aliphatic carbocycles. The highest BCUT2D eigenvalue weighted by Crippen LogP contribution is 2.19. The van der Waals surface area contributed by atoms with Crippen LogP contribution in [0.2, 0.25) is 5.02 Å². The second kappa shape index (κ2) is 5.85. The van der Waals surface area contributed by atoms with Crippen LogP contribution in [0, 0.1) is 0 Å². The number of nitrogens with zero attached hydrogens (tertiary/aromatic N) is 4. The normalized spacial score (nSPS) is 10.9. The van der Waals surface area contributed by atoms with Gasteiger partial charge in [-0.1, -0.05) is 11.6 Å². The Hall–Kier alpha value is -2.67. The van der Waals surface area contributed by atoms with Gasteiger partial charge in [0.15, 0.2) is 11.2 Å². The molecule has 3 aromatic rings. The fraction of sp³-hybridized carbons (Fsp3) is 0.200. The maximum absolute atomic E-state index is 12.5. The third kappa shape index (κ3) is 2.59. The van der Waals surface area contributed by atoms with Gasteiger partial charge in [0.1, 0.15) is 5.52 Å². The fourth-order valence-electron chi connectivity index (χ4n) is 2.25. The van der Waals surface area contributed by atoms with Crippen LogP contribution in [0.4, 0.5) is 0 Å². The zero-order chi connectivity index (χ0) is 16.6. The number of benzene rings is 1. The molecule has 7 nitrogen and oxygen atoms in total. The summed E-state index contributed by atoms with van der Waals surface area (Å²) in [6.07, 6.45) is 1.38. The van der Waals surface area contributed by atoms with Crippen LogP contribution in [0.25, 0.3) is 16.7 Å². The summed E-state index contributed by atoms with van der Waals surface area (Å²) in [5.74, 6) is -0.369. The molecule has 118 valence electrons. The average Bonchev–Trinajstić information content (AvgIpc) is 2.92. The maximum atomic E-state index is 12.5. The van der Waals surface area contributed by atoms with Crippen LogP contribution in [-0.4, -0.2) is 31.8 Å². The summed E-state index contributed by atoms with van der Waals surface area (Å²) < 4.78 is 2.77. The summed E-state index contributed by atoms with van der Waals surface area (Å²) in [5.41, 5.74) is 0.982. The first-order valence-corrected chi connectivity index (χ1v) is 7.39. The second-order valence-electron chi connectivity index (χ2n) is 4.95. The van der Waals surface area contributed by atoms with Crippen molar-refractivity contribution in [2.75, 3.05) is 6.54 Å². The third-order valence-corrected chi connectivity index (χ3v) is 3.62. The molecule has 1 aromatic carbocycles. The number of fused-ring (bicyclic) bond motifs is 1. The van der Waals surface area contributed by atoms with Gasteiger partial charge in [0, 0.05) is 18.6 Å². The van der Waals surface area contributed by atoms with E-state index in [1.54, 1.807) is 31.3 Å². The minimum Gasteiger partial charge on any atom is -0.351 e. The largest absolute Gasteiger partial charge is 0.351 e. The Kier molecular flexibility index (Phi) is 3.87. The van der Waals surface area contributed by atoms with Crippen LogP contribution in [0.5, 0.6) is 0 Å². The minimum absolute atomic E-state index is 0.120. The molecule has 0 atom stereocenters. The zero-order valence-corrected chi connectivity index (χ0v) is 13.3. The Morgan fingerprint density at radius 2 is 2.00 bits per heavy atom. The molecule has 1 amide bonds. The highest BCUT2D eigenvalue weighted by Gasteiger charge is 2.21. The quantitative estimate of drug-likeness (QED) is 0.789. The molecule has 1 N–H and O–H groups in total. The number of hydrogen-bond acceptors (Lipinski definition) is 4. The van der Waals surface area contributed by atoms with Crippen molar-refractivity contribution in [3.8, 4) is 5.69 Å². The molecule has 0 bridgehead atoms. The highest BCUT2D eigenvalue weighted by atomic mass is 35.5. The molecule has 0 fully saturated rings. The van der Waals surface area contributed by atoms with Crippen LogP contribution in [0.1, 0.15) is 17.4 Å². The Morgan fingerprint density at radius 3 is 2.65 bits per heavy atom. The molecule has 0 saturated carbocycles. The second-order valence-corrected chi connectivity index (χ2v) is 5.39. The van der Waals surface area contributed by atoms with Crippen molar-refractivity contribution in [1.29, 1.82) is 0 Å². The van der Waals surface area contributed by atoms with E-state index in [1.807, 2.05) is 6.92 Å². The van der Waals surface area contributed by atoms with Gasteiger partial charge in [-0.25, -0.2) is 9.67 Å².